The molecule has 17 heavy (non-hydrogen) atoms. The molecule has 1 aliphatic carbocycles. The van der Waals surface area contributed by atoms with Crippen molar-refractivity contribution in [3.63, 3.8) is 0 Å². The smallest absolute Gasteiger partial charge is 0.341 e. The summed E-state index contributed by atoms with van der Waals surface area (Å²) in [7, 11) is 0. The van der Waals surface area contributed by atoms with Crippen molar-refractivity contribution >= 4 is 17.6 Å². The van der Waals surface area contributed by atoms with Crippen molar-refractivity contribution < 1.29 is 14.3 Å². The second kappa shape index (κ2) is 4.26. The van der Waals surface area contributed by atoms with E-state index in [2.05, 4.69) is 4.98 Å². The molecule has 0 amide bonds. The van der Waals surface area contributed by atoms with E-state index in [0.717, 1.165) is 19.8 Å². The average molecular weight is 258 g/mol. The monoisotopic (exact) mass is 257 g/mol. The third-order valence-electron chi connectivity index (χ3n) is 3.21. The van der Waals surface area contributed by atoms with E-state index in [1.165, 1.54) is 6.20 Å². The first-order chi connectivity index (χ1) is 7.93. The normalized spacial score (nSPS) is 20.6. The van der Waals surface area contributed by atoms with Gasteiger partial charge in [-0.1, -0.05) is 11.6 Å². The molecular weight excluding hydrogens is 245 g/mol. The largest absolute Gasteiger partial charge is 0.479 e. The molecule has 1 saturated carbocycles. The van der Waals surface area contributed by atoms with Crippen LogP contribution < -0.4 is 0 Å². The highest BCUT2D eigenvalue weighted by atomic mass is 35.5. The average Bonchev–Trinajstić information content (AvgIpc) is 3.01. The molecule has 1 fully saturated rings. The summed E-state index contributed by atoms with van der Waals surface area (Å²) in [6.45, 7) is 1.12. The first-order valence-corrected chi connectivity index (χ1v) is 5.84. The Kier molecular flexibility index (Phi) is 3.08. The minimum Gasteiger partial charge on any atom is -0.479 e. The lowest BCUT2D eigenvalue weighted by Gasteiger charge is -2.27. The standard InChI is InChI=1S/C12H13ClFNO2/c1-12(14,11(16)17)10(7-2-3-7)8-4-5-15-9(13)6-8/h4-7,10H,2-3H2,1H3,(H,16,17)/t10-,12?/m0/s1. The van der Waals surface area contributed by atoms with Gasteiger partial charge in [-0.15, -0.1) is 0 Å². The van der Waals surface area contributed by atoms with Crippen LogP contribution in [0.15, 0.2) is 18.3 Å². The SMILES string of the molecule is CC(F)(C(=O)O)[C@H](c1ccnc(Cl)c1)C1CC1. The van der Waals surface area contributed by atoms with Gasteiger partial charge in [0.1, 0.15) is 5.15 Å². The molecule has 2 atom stereocenters. The number of carbonyl (C=O) groups is 1. The minimum atomic E-state index is -2.27. The first-order valence-electron chi connectivity index (χ1n) is 5.46. The summed E-state index contributed by atoms with van der Waals surface area (Å²) >= 11 is 5.76. The Hall–Kier alpha value is -1.16. The second-order valence-corrected chi connectivity index (χ2v) is 4.99. The predicted octanol–water partition coefficient (Wildman–Crippen LogP) is 3.04. The maximum atomic E-state index is 14.3. The van der Waals surface area contributed by atoms with Crippen molar-refractivity contribution in [1.29, 1.82) is 0 Å². The molecule has 0 aromatic carbocycles. The summed E-state index contributed by atoms with van der Waals surface area (Å²) in [6.07, 6.45) is 3.19. The van der Waals surface area contributed by atoms with E-state index in [0.29, 0.717) is 5.56 Å². The molecule has 0 aliphatic heterocycles. The number of carboxylic acid groups (broad SMARTS) is 1. The van der Waals surface area contributed by atoms with Gasteiger partial charge < -0.3 is 5.11 Å². The van der Waals surface area contributed by atoms with Crippen molar-refractivity contribution in [2.24, 2.45) is 5.92 Å². The Bertz CT molecular complexity index is 446. The summed E-state index contributed by atoms with van der Waals surface area (Å²) in [5.74, 6) is -2.00. The van der Waals surface area contributed by atoms with Gasteiger partial charge in [0.05, 0.1) is 0 Å². The van der Waals surface area contributed by atoms with Crippen molar-refractivity contribution in [3.8, 4) is 0 Å². The van der Waals surface area contributed by atoms with Crippen LogP contribution in [0.3, 0.4) is 0 Å². The fourth-order valence-electron chi connectivity index (χ4n) is 2.20. The van der Waals surface area contributed by atoms with E-state index in [1.807, 2.05) is 0 Å². The number of nitrogens with zero attached hydrogens (tertiary/aromatic N) is 1. The van der Waals surface area contributed by atoms with Crippen LogP contribution in [0.2, 0.25) is 5.15 Å². The van der Waals surface area contributed by atoms with E-state index in [4.69, 9.17) is 16.7 Å². The van der Waals surface area contributed by atoms with Crippen molar-refractivity contribution in [2.75, 3.05) is 0 Å². The fraction of sp³-hybridized carbons (Fsp3) is 0.500. The van der Waals surface area contributed by atoms with Crippen LogP contribution >= 0.6 is 11.6 Å². The van der Waals surface area contributed by atoms with Crippen LogP contribution in [0.4, 0.5) is 4.39 Å². The molecule has 0 saturated heterocycles. The quantitative estimate of drug-likeness (QED) is 0.844. The number of alkyl halides is 1. The molecule has 0 bridgehead atoms. The van der Waals surface area contributed by atoms with E-state index in [-0.39, 0.29) is 11.1 Å². The summed E-state index contributed by atoms with van der Waals surface area (Å²) in [4.78, 5) is 14.9. The zero-order chi connectivity index (χ0) is 12.6. The number of carboxylic acids is 1. The fourth-order valence-corrected chi connectivity index (χ4v) is 2.38. The van der Waals surface area contributed by atoms with Crippen molar-refractivity contribution in [2.45, 2.75) is 31.4 Å². The highest BCUT2D eigenvalue weighted by molar-refractivity contribution is 6.29. The van der Waals surface area contributed by atoms with Gasteiger partial charge in [-0.3, -0.25) is 0 Å². The Balaban J connectivity index is 2.39. The Morgan fingerprint density at radius 1 is 1.71 bits per heavy atom. The Morgan fingerprint density at radius 2 is 2.35 bits per heavy atom. The maximum Gasteiger partial charge on any atom is 0.341 e. The van der Waals surface area contributed by atoms with E-state index >= 15 is 0 Å². The Labute approximate surface area is 104 Å². The lowest BCUT2D eigenvalue weighted by atomic mass is 9.81. The van der Waals surface area contributed by atoms with Gasteiger partial charge in [-0.05, 0) is 43.4 Å². The zero-order valence-electron chi connectivity index (χ0n) is 9.36. The molecule has 92 valence electrons. The molecule has 1 aromatic heterocycles. The third kappa shape index (κ3) is 2.41. The van der Waals surface area contributed by atoms with Crippen LogP contribution in [-0.2, 0) is 4.79 Å². The molecular formula is C12H13ClFNO2. The summed E-state index contributed by atoms with van der Waals surface area (Å²) in [5.41, 5.74) is -1.66. The molecule has 3 nitrogen and oxygen atoms in total. The molecule has 0 spiro atoms. The van der Waals surface area contributed by atoms with Gasteiger partial charge in [0, 0.05) is 12.1 Å². The van der Waals surface area contributed by atoms with Gasteiger partial charge in [-0.2, -0.15) is 0 Å². The molecule has 1 heterocycles. The zero-order valence-corrected chi connectivity index (χ0v) is 10.1. The third-order valence-corrected chi connectivity index (χ3v) is 3.41. The molecule has 1 N–H and O–H groups in total. The van der Waals surface area contributed by atoms with Gasteiger partial charge >= 0.3 is 5.97 Å². The van der Waals surface area contributed by atoms with Gasteiger partial charge in [0.25, 0.3) is 0 Å². The molecule has 1 unspecified atom stereocenters. The van der Waals surface area contributed by atoms with E-state index < -0.39 is 17.6 Å². The van der Waals surface area contributed by atoms with Crippen LogP contribution in [-0.4, -0.2) is 21.7 Å². The number of pyridine rings is 1. The van der Waals surface area contributed by atoms with Crippen LogP contribution in [0.1, 0.15) is 31.2 Å². The number of hydrogen-bond acceptors (Lipinski definition) is 2. The number of hydrogen-bond donors (Lipinski definition) is 1. The lowest BCUT2D eigenvalue weighted by molar-refractivity contribution is -0.151. The second-order valence-electron chi connectivity index (χ2n) is 4.61. The van der Waals surface area contributed by atoms with Crippen molar-refractivity contribution in [3.05, 3.63) is 29.0 Å². The maximum absolute atomic E-state index is 14.3. The molecule has 0 radical (unpaired) electrons. The summed E-state index contributed by atoms with van der Waals surface area (Å²) in [5, 5.41) is 9.25. The Morgan fingerprint density at radius 3 is 2.82 bits per heavy atom. The van der Waals surface area contributed by atoms with Crippen LogP contribution in [0, 0.1) is 5.92 Å². The first kappa shape index (κ1) is 12.3. The summed E-state index contributed by atoms with van der Waals surface area (Å²) < 4.78 is 14.3. The molecule has 5 heteroatoms. The topological polar surface area (TPSA) is 50.2 Å². The van der Waals surface area contributed by atoms with E-state index in [1.54, 1.807) is 12.1 Å². The van der Waals surface area contributed by atoms with Gasteiger partial charge in [-0.25, -0.2) is 14.2 Å². The summed E-state index contributed by atoms with van der Waals surface area (Å²) in [6, 6.07) is 3.18. The van der Waals surface area contributed by atoms with Gasteiger partial charge in [0.2, 0.25) is 5.67 Å². The van der Waals surface area contributed by atoms with E-state index in [9.17, 15) is 9.18 Å². The number of halogens is 2. The lowest BCUT2D eigenvalue weighted by Crippen LogP contribution is -2.38. The highest BCUT2D eigenvalue weighted by Crippen LogP contribution is 2.49. The van der Waals surface area contributed by atoms with Crippen LogP contribution in [0.5, 0.6) is 0 Å². The van der Waals surface area contributed by atoms with Crippen LogP contribution in [0.25, 0.3) is 0 Å². The predicted molar refractivity (Wildman–Crippen MR) is 61.9 cm³/mol. The number of aromatic nitrogens is 1. The number of aliphatic carboxylic acids is 1. The highest BCUT2D eigenvalue weighted by Gasteiger charge is 2.50. The molecule has 1 aliphatic rings. The molecule has 2 rings (SSSR count). The number of rotatable bonds is 4. The molecule has 1 aromatic rings. The minimum absolute atomic E-state index is 0.0829. The van der Waals surface area contributed by atoms with Crippen molar-refractivity contribution in [1.82, 2.24) is 4.98 Å². The van der Waals surface area contributed by atoms with Gasteiger partial charge in [0.15, 0.2) is 0 Å².